The van der Waals surface area contributed by atoms with Crippen molar-refractivity contribution in [2.24, 2.45) is 0 Å². The molecule has 1 fully saturated rings. The second kappa shape index (κ2) is 4.94. The molecule has 0 bridgehead atoms. The molecule has 2 nitrogen and oxygen atoms in total. The van der Waals surface area contributed by atoms with Gasteiger partial charge in [-0.15, -0.1) is 12.4 Å². The number of ether oxygens (including phenoxy) is 1. The van der Waals surface area contributed by atoms with Gasteiger partial charge in [-0.1, -0.05) is 6.92 Å². The van der Waals surface area contributed by atoms with Crippen molar-refractivity contribution in [2.75, 3.05) is 13.2 Å². The minimum atomic E-state index is 0. The molecule has 1 N–H and O–H groups in total. The molecule has 1 aliphatic heterocycles. The lowest BCUT2D eigenvalue weighted by atomic mass is 10.2. The van der Waals surface area contributed by atoms with Gasteiger partial charge < -0.3 is 10.1 Å². The van der Waals surface area contributed by atoms with Gasteiger partial charge in [0.2, 0.25) is 0 Å². The van der Waals surface area contributed by atoms with Crippen LogP contribution in [0.15, 0.2) is 0 Å². The Kier molecular flexibility index (Phi) is 5.04. The lowest BCUT2D eigenvalue weighted by Crippen LogP contribution is -2.46. The molecule has 3 heteroatoms. The van der Waals surface area contributed by atoms with Gasteiger partial charge in [0.05, 0.1) is 13.2 Å². The highest BCUT2D eigenvalue weighted by molar-refractivity contribution is 5.85. The largest absolute Gasteiger partial charge is 0.378 e. The first kappa shape index (κ1) is 10.2. The number of morpholine rings is 1. The van der Waals surface area contributed by atoms with Crippen molar-refractivity contribution in [2.45, 2.75) is 32.4 Å². The van der Waals surface area contributed by atoms with Crippen molar-refractivity contribution < 1.29 is 4.74 Å². The summed E-state index contributed by atoms with van der Waals surface area (Å²) in [4.78, 5) is 0. The second-order valence-electron chi connectivity index (χ2n) is 2.71. The van der Waals surface area contributed by atoms with Crippen molar-refractivity contribution in [1.82, 2.24) is 5.32 Å². The molecule has 1 aliphatic rings. The fourth-order valence-electron chi connectivity index (χ4n) is 1.12. The average molecular weight is 166 g/mol. The van der Waals surface area contributed by atoms with E-state index in [-0.39, 0.29) is 12.4 Å². The van der Waals surface area contributed by atoms with Crippen LogP contribution in [-0.2, 0) is 4.74 Å². The van der Waals surface area contributed by atoms with Gasteiger partial charge in [0.25, 0.3) is 0 Å². The molecule has 1 heterocycles. The molecular weight excluding hydrogens is 150 g/mol. The number of hydrogen-bond donors (Lipinski definition) is 1. The average Bonchev–Trinajstić information content (AvgIpc) is 1.88. The molecular formula is C7H16ClNO. The van der Waals surface area contributed by atoms with E-state index >= 15 is 0 Å². The molecule has 0 aromatic heterocycles. The maximum atomic E-state index is 5.32. The lowest BCUT2D eigenvalue weighted by Gasteiger charge is -2.27. The van der Waals surface area contributed by atoms with Crippen LogP contribution in [0.3, 0.4) is 0 Å². The Labute approximate surface area is 68.7 Å². The Morgan fingerprint density at radius 1 is 1.50 bits per heavy atom. The smallest absolute Gasteiger partial charge is 0.0620 e. The summed E-state index contributed by atoms with van der Waals surface area (Å²) in [6, 6.07) is 1.14. The molecule has 0 aromatic carbocycles. The molecule has 0 radical (unpaired) electrons. The third kappa shape index (κ3) is 2.86. The van der Waals surface area contributed by atoms with E-state index in [4.69, 9.17) is 4.74 Å². The van der Waals surface area contributed by atoms with E-state index < -0.39 is 0 Å². The Bertz CT molecular complexity index is 89.7. The molecule has 0 spiro atoms. The van der Waals surface area contributed by atoms with E-state index in [0.717, 1.165) is 13.2 Å². The Balaban J connectivity index is 0.000000810. The van der Waals surface area contributed by atoms with Gasteiger partial charge in [0.1, 0.15) is 0 Å². The van der Waals surface area contributed by atoms with Gasteiger partial charge in [0.15, 0.2) is 0 Å². The predicted octanol–water partition coefficient (Wildman–Crippen LogP) is 1.20. The summed E-state index contributed by atoms with van der Waals surface area (Å²) in [5.41, 5.74) is 0. The van der Waals surface area contributed by atoms with Crippen LogP contribution < -0.4 is 5.32 Å². The number of nitrogens with one attached hydrogen (secondary N) is 1. The molecule has 0 aliphatic carbocycles. The number of hydrogen-bond acceptors (Lipinski definition) is 2. The topological polar surface area (TPSA) is 21.3 Å². The van der Waals surface area contributed by atoms with Gasteiger partial charge in [0, 0.05) is 12.1 Å². The normalized spacial score (nSPS) is 33.0. The standard InChI is InChI=1S/C7H15NO.ClH/c1-3-7-5-9-4-6(2)8-7;/h6-8H,3-5H2,1-2H3;1H. The first-order valence-electron chi connectivity index (χ1n) is 3.66. The Hall–Kier alpha value is 0.210. The fraction of sp³-hybridized carbons (Fsp3) is 1.00. The molecule has 10 heavy (non-hydrogen) atoms. The van der Waals surface area contributed by atoms with Crippen LogP contribution in [0.25, 0.3) is 0 Å². The van der Waals surface area contributed by atoms with E-state index in [9.17, 15) is 0 Å². The fourth-order valence-corrected chi connectivity index (χ4v) is 1.12. The summed E-state index contributed by atoms with van der Waals surface area (Å²) >= 11 is 0. The van der Waals surface area contributed by atoms with Crippen molar-refractivity contribution in [3.8, 4) is 0 Å². The zero-order chi connectivity index (χ0) is 6.69. The molecule has 62 valence electrons. The van der Waals surface area contributed by atoms with Crippen LogP contribution in [0.4, 0.5) is 0 Å². The van der Waals surface area contributed by atoms with Crippen LogP contribution >= 0.6 is 12.4 Å². The highest BCUT2D eigenvalue weighted by Gasteiger charge is 2.15. The monoisotopic (exact) mass is 165 g/mol. The van der Waals surface area contributed by atoms with Crippen LogP contribution in [0, 0.1) is 0 Å². The molecule has 1 saturated heterocycles. The third-order valence-electron chi connectivity index (χ3n) is 1.70. The van der Waals surface area contributed by atoms with E-state index in [1.807, 2.05) is 0 Å². The minimum absolute atomic E-state index is 0. The number of rotatable bonds is 1. The zero-order valence-corrected chi connectivity index (χ0v) is 7.41. The van der Waals surface area contributed by atoms with Crippen LogP contribution in [0.2, 0.25) is 0 Å². The molecule has 2 unspecified atom stereocenters. The van der Waals surface area contributed by atoms with Crippen molar-refractivity contribution >= 4 is 12.4 Å². The quantitative estimate of drug-likeness (QED) is 0.631. The summed E-state index contributed by atoms with van der Waals surface area (Å²) in [6.07, 6.45) is 1.17. The van der Waals surface area contributed by atoms with E-state index in [2.05, 4.69) is 19.2 Å². The maximum absolute atomic E-state index is 5.32. The van der Waals surface area contributed by atoms with Crippen LogP contribution in [-0.4, -0.2) is 25.3 Å². The highest BCUT2D eigenvalue weighted by atomic mass is 35.5. The summed E-state index contributed by atoms with van der Waals surface area (Å²) in [6.45, 7) is 6.10. The predicted molar refractivity (Wildman–Crippen MR) is 44.7 cm³/mol. The molecule has 2 atom stereocenters. The Morgan fingerprint density at radius 3 is 2.60 bits per heavy atom. The summed E-state index contributed by atoms with van der Waals surface area (Å²) < 4.78 is 5.32. The van der Waals surface area contributed by atoms with Gasteiger partial charge in [-0.3, -0.25) is 0 Å². The van der Waals surface area contributed by atoms with Crippen LogP contribution in [0.1, 0.15) is 20.3 Å². The van der Waals surface area contributed by atoms with Crippen molar-refractivity contribution in [3.63, 3.8) is 0 Å². The summed E-state index contributed by atoms with van der Waals surface area (Å²) in [7, 11) is 0. The van der Waals surface area contributed by atoms with Gasteiger partial charge >= 0.3 is 0 Å². The first-order chi connectivity index (χ1) is 4.33. The first-order valence-corrected chi connectivity index (χ1v) is 3.66. The van der Waals surface area contributed by atoms with Gasteiger partial charge in [-0.2, -0.15) is 0 Å². The summed E-state index contributed by atoms with van der Waals surface area (Å²) in [5.74, 6) is 0. The second-order valence-corrected chi connectivity index (χ2v) is 2.71. The van der Waals surface area contributed by atoms with Crippen molar-refractivity contribution in [1.29, 1.82) is 0 Å². The minimum Gasteiger partial charge on any atom is -0.378 e. The highest BCUT2D eigenvalue weighted by Crippen LogP contribution is 2.01. The van der Waals surface area contributed by atoms with E-state index in [1.165, 1.54) is 6.42 Å². The SMILES string of the molecule is CCC1COCC(C)N1.Cl. The van der Waals surface area contributed by atoms with Gasteiger partial charge in [-0.05, 0) is 13.3 Å². The third-order valence-corrected chi connectivity index (χ3v) is 1.70. The maximum Gasteiger partial charge on any atom is 0.0620 e. The number of halogens is 1. The Morgan fingerprint density at radius 2 is 2.20 bits per heavy atom. The molecule has 0 saturated carbocycles. The van der Waals surface area contributed by atoms with E-state index in [0.29, 0.717) is 12.1 Å². The summed E-state index contributed by atoms with van der Waals surface area (Å²) in [5, 5.41) is 3.44. The zero-order valence-electron chi connectivity index (χ0n) is 6.59. The lowest BCUT2D eigenvalue weighted by molar-refractivity contribution is 0.0496. The molecule has 0 aromatic rings. The van der Waals surface area contributed by atoms with Gasteiger partial charge in [-0.25, -0.2) is 0 Å². The van der Waals surface area contributed by atoms with Crippen molar-refractivity contribution in [3.05, 3.63) is 0 Å². The molecule has 0 amide bonds. The van der Waals surface area contributed by atoms with E-state index in [1.54, 1.807) is 0 Å². The molecule has 1 rings (SSSR count). The van der Waals surface area contributed by atoms with Crippen LogP contribution in [0.5, 0.6) is 0 Å².